The van der Waals surface area contributed by atoms with Gasteiger partial charge in [0.2, 0.25) is 0 Å². The van der Waals surface area contributed by atoms with Crippen LogP contribution < -0.4 is 5.32 Å². The van der Waals surface area contributed by atoms with E-state index in [0.717, 1.165) is 5.56 Å². The number of carbonyl (C=O) groups is 1. The lowest BCUT2D eigenvalue weighted by molar-refractivity contribution is 0.102. The van der Waals surface area contributed by atoms with Crippen LogP contribution in [-0.2, 0) is 0 Å². The number of hydrogen-bond acceptors (Lipinski definition) is 3. The van der Waals surface area contributed by atoms with Crippen molar-refractivity contribution in [2.24, 2.45) is 0 Å². The molecule has 0 atom stereocenters. The van der Waals surface area contributed by atoms with Gasteiger partial charge in [-0.2, -0.15) is 5.26 Å². The number of phenols is 1. The second-order valence-corrected chi connectivity index (χ2v) is 4.13. The predicted molar refractivity (Wildman–Crippen MR) is 72.0 cm³/mol. The summed E-state index contributed by atoms with van der Waals surface area (Å²) < 4.78 is 0. The summed E-state index contributed by atoms with van der Waals surface area (Å²) in [4.78, 5) is 12.0. The van der Waals surface area contributed by atoms with Crippen LogP contribution in [0.3, 0.4) is 0 Å². The number of rotatable bonds is 2. The van der Waals surface area contributed by atoms with Crippen molar-refractivity contribution in [1.29, 1.82) is 5.26 Å². The maximum Gasteiger partial charge on any atom is 0.259 e. The number of carbonyl (C=O) groups excluding carboxylic acids is 1. The molecule has 4 nitrogen and oxygen atoms in total. The lowest BCUT2D eigenvalue weighted by atomic mass is 10.1. The summed E-state index contributed by atoms with van der Waals surface area (Å²) in [7, 11) is 0. The summed E-state index contributed by atoms with van der Waals surface area (Å²) in [5.74, 6) is -0.521. The van der Waals surface area contributed by atoms with Crippen LogP contribution in [0.5, 0.6) is 5.75 Å². The molecule has 0 aliphatic heterocycles. The van der Waals surface area contributed by atoms with Gasteiger partial charge in [0.1, 0.15) is 11.8 Å². The smallest absolute Gasteiger partial charge is 0.259 e. The van der Waals surface area contributed by atoms with Gasteiger partial charge in [0.05, 0.1) is 16.8 Å². The third-order valence-corrected chi connectivity index (χ3v) is 2.69. The molecule has 2 N–H and O–H groups in total. The Labute approximate surface area is 110 Å². The Kier molecular flexibility index (Phi) is 3.48. The second kappa shape index (κ2) is 5.23. The largest absolute Gasteiger partial charge is 0.507 e. The van der Waals surface area contributed by atoms with Gasteiger partial charge in [-0.15, -0.1) is 0 Å². The molecule has 2 aromatic carbocycles. The quantitative estimate of drug-likeness (QED) is 0.863. The number of hydrogen-bond donors (Lipinski definition) is 2. The fraction of sp³-hybridized carbons (Fsp3) is 0.0667. The Balaban J connectivity index is 2.29. The molecular formula is C15H12N2O2. The van der Waals surface area contributed by atoms with Crippen LogP contribution in [-0.4, -0.2) is 11.0 Å². The number of nitrogens with zero attached hydrogens (tertiary/aromatic N) is 1. The van der Waals surface area contributed by atoms with Crippen molar-refractivity contribution in [3.8, 4) is 11.8 Å². The van der Waals surface area contributed by atoms with Crippen molar-refractivity contribution in [1.82, 2.24) is 0 Å². The summed E-state index contributed by atoms with van der Waals surface area (Å²) in [5.41, 5.74) is 1.85. The van der Waals surface area contributed by atoms with E-state index in [2.05, 4.69) is 5.32 Å². The van der Waals surface area contributed by atoms with E-state index in [1.807, 2.05) is 13.0 Å². The van der Waals surface area contributed by atoms with Gasteiger partial charge in [-0.3, -0.25) is 4.79 Å². The highest BCUT2D eigenvalue weighted by molar-refractivity contribution is 6.06. The first-order valence-electron chi connectivity index (χ1n) is 5.72. The molecular weight excluding hydrogens is 240 g/mol. The summed E-state index contributed by atoms with van der Waals surface area (Å²) in [5, 5.41) is 21.3. The highest BCUT2D eigenvalue weighted by Gasteiger charge is 2.12. The number of nitrogens with one attached hydrogen (secondary N) is 1. The van der Waals surface area contributed by atoms with E-state index < -0.39 is 5.91 Å². The number of benzene rings is 2. The molecule has 0 bridgehead atoms. The molecule has 0 saturated carbocycles. The van der Waals surface area contributed by atoms with E-state index in [4.69, 9.17) is 5.26 Å². The molecule has 4 heteroatoms. The van der Waals surface area contributed by atoms with Gasteiger partial charge in [0.25, 0.3) is 5.91 Å². The monoisotopic (exact) mass is 252 g/mol. The minimum atomic E-state index is -0.444. The van der Waals surface area contributed by atoms with Crippen molar-refractivity contribution in [2.45, 2.75) is 6.92 Å². The Hall–Kier alpha value is -2.80. The molecule has 0 spiro atoms. The van der Waals surface area contributed by atoms with Crippen LogP contribution in [0.1, 0.15) is 21.5 Å². The maximum atomic E-state index is 12.0. The van der Waals surface area contributed by atoms with Gasteiger partial charge in [-0.1, -0.05) is 18.2 Å². The lowest BCUT2D eigenvalue weighted by Gasteiger charge is -2.08. The van der Waals surface area contributed by atoms with Crippen LogP contribution in [0, 0.1) is 18.3 Å². The van der Waals surface area contributed by atoms with Crippen molar-refractivity contribution in [3.63, 3.8) is 0 Å². The topological polar surface area (TPSA) is 73.1 Å². The van der Waals surface area contributed by atoms with Crippen LogP contribution in [0.15, 0.2) is 42.5 Å². The molecule has 2 aromatic rings. The number of phenolic OH excluding ortho intramolecular Hbond substituents is 1. The van der Waals surface area contributed by atoms with Gasteiger partial charge in [-0.05, 0) is 36.8 Å². The Bertz CT molecular complexity index is 672. The fourth-order valence-corrected chi connectivity index (χ4v) is 1.71. The van der Waals surface area contributed by atoms with Gasteiger partial charge >= 0.3 is 0 Å². The molecule has 0 aliphatic rings. The molecule has 0 heterocycles. The zero-order valence-electron chi connectivity index (χ0n) is 10.3. The number of nitriles is 1. The minimum Gasteiger partial charge on any atom is -0.507 e. The first-order valence-corrected chi connectivity index (χ1v) is 5.72. The van der Waals surface area contributed by atoms with Crippen LogP contribution in [0.4, 0.5) is 5.69 Å². The Morgan fingerprint density at radius 3 is 2.68 bits per heavy atom. The number of aromatic hydroxyl groups is 1. The molecule has 2 rings (SSSR count). The van der Waals surface area contributed by atoms with E-state index >= 15 is 0 Å². The van der Waals surface area contributed by atoms with E-state index in [1.165, 1.54) is 6.07 Å². The van der Waals surface area contributed by atoms with E-state index in [1.54, 1.807) is 36.4 Å². The number of anilines is 1. The molecule has 0 radical (unpaired) electrons. The fourth-order valence-electron chi connectivity index (χ4n) is 1.71. The zero-order valence-corrected chi connectivity index (χ0v) is 10.3. The van der Waals surface area contributed by atoms with Gasteiger partial charge in [0.15, 0.2) is 0 Å². The highest BCUT2D eigenvalue weighted by atomic mass is 16.3. The first kappa shape index (κ1) is 12.7. The lowest BCUT2D eigenvalue weighted by Crippen LogP contribution is -2.13. The molecule has 1 amide bonds. The van der Waals surface area contributed by atoms with Crippen molar-refractivity contribution in [3.05, 3.63) is 59.2 Å². The van der Waals surface area contributed by atoms with Crippen molar-refractivity contribution >= 4 is 11.6 Å². The SMILES string of the molecule is Cc1ccc(C(=O)Nc2ccccc2C#N)c(O)c1. The molecule has 0 unspecified atom stereocenters. The third kappa shape index (κ3) is 2.72. The highest BCUT2D eigenvalue weighted by Crippen LogP contribution is 2.21. The van der Waals surface area contributed by atoms with E-state index in [0.29, 0.717) is 11.3 Å². The van der Waals surface area contributed by atoms with Crippen LogP contribution in [0.2, 0.25) is 0 Å². The van der Waals surface area contributed by atoms with Crippen LogP contribution in [0.25, 0.3) is 0 Å². The van der Waals surface area contributed by atoms with Gasteiger partial charge in [-0.25, -0.2) is 0 Å². The predicted octanol–water partition coefficient (Wildman–Crippen LogP) is 2.82. The second-order valence-electron chi connectivity index (χ2n) is 4.13. The molecule has 0 fully saturated rings. The van der Waals surface area contributed by atoms with Gasteiger partial charge < -0.3 is 10.4 Å². The molecule has 0 aromatic heterocycles. The summed E-state index contributed by atoms with van der Waals surface area (Å²) in [6.45, 7) is 1.83. The maximum absolute atomic E-state index is 12.0. The zero-order chi connectivity index (χ0) is 13.8. The summed E-state index contributed by atoms with van der Waals surface area (Å²) in [6, 6.07) is 13.5. The van der Waals surface area contributed by atoms with Crippen molar-refractivity contribution in [2.75, 3.05) is 5.32 Å². The standard InChI is InChI=1S/C15H12N2O2/c1-10-6-7-12(14(18)8-10)15(19)17-13-5-3-2-4-11(13)9-16/h2-8,18H,1H3,(H,17,19). The first-order chi connectivity index (χ1) is 9.11. The van der Waals surface area contributed by atoms with E-state index in [-0.39, 0.29) is 11.3 Å². The van der Waals surface area contributed by atoms with E-state index in [9.17, 15) is 9.90 Å². The normalized spacial score (nSPS) is 9.68. The number of amides is 1. The molecule has 0 saturated heterocycles. The number of para-hydroxylation sites is 1. The molecule has 0 aliphatic carbocycles. The molecule has 94 valence electrons. The summed E-state index contributed by atoms with van der Waals surface area (Å²) in [6.07, 6.45) is 0. The number of aryl methyl sites for hydroxylation is 1. The Morgan fingerprint density at radius 2 is 2.00 bits per heavy atom. The molecule has 19 heavy (non-hydrogen) atoms. The third-order valence-electron chi connectivity index (χ3n) is 2.69. The summed E-state index contributed by atoms with van der Waals surface area (Å²) >= 11 is 0. The average Bonchev–Trinajstić information content (AvgIpc) is 2.39. The van der Waals surface area contributed by atoms with Gasteiger partial charge in [0, 0.05) is 0 Å². The van der Waals surface area contributed by atoms with Crippen molar-refractivity contribution < 1.29 is 9.90 Å². The minimum absolute atomic E-state index is 0.0769. The van der Waals surface area contributed by atoms with Crippen LogP contribution >= 0.6 is 0 Å². The average molecular weight is 252 g/mol. The Morgan fingerprint density at radius 1 is 1.26 bits per heavy atom.